The van der Waals surface area contributed by atoms with Gasteiger partial charge in [0.2, 0.25) is 5.95 Å². The fraction of sp³-hybridized carbons (Fsp3) is 0.286. The molecule has 0 saturated heterocycles. The van der Waals surface area contributed by atoms with Crippen molar-refractivity contribution in [1.82, 2.24) is 15.2 Å². The number of hydrogen-bond donors (Lipinski definition) is 2. The van der Waals surface area contributed by atoms with Crippen molar-refractivity contribution in [2.45, 2.75) is 13.3 Å². The first kappa shape index (κ1) is 20.2. The molecule has 29 heavy (non-hydrogen) atoms. The van der Waals surface area contributed by atoms with Gasteiger partial charge < -0.3 is 24.8 Å². The molecule has 3 aromatic rings. The molecule has 0 atom stereocenters. The van der Waals surface area contributed by atoms with Crippen LogP contribution in [-0.2, 0) is 6.42 Å². The van der Waals surface area contributed by atoms with Gasteiger partial charge in [-0.25, -0.2) is 0 Å². The molecule has 0 aliphatic carbocycles. The molecule has 0 aliphatic rings. The van der Waals surface area contributed by atoms with Gasteiger partial charge >= 0.3 is 0 Å². The molecule has 8 heteroatoms. The quantitative estimate of drug-likeness (QED) is 0.537. The minimum atomic E-state index is 0.448. The lowest BCUT2D eigenvalue weighted by Gasteiger charge is -2.12. The number of benzene rings is 2. The molecule has 2 N–H and O–H groups in total. The van der Waals surface area contributed by atoms with Crippen LogP contribution in [0.4, 0.5) is 17.5 Å². The molecule has 2 aromatic carbocycles. The summed E-state index contributed by atoms with van der Waals surface area (Å²) in [5.74, 6) is 3.21. The number of ether oxygens (including phenoxy) is 3. The maximum Gasteiger partial charge on any atom is 0.244 e. The first-order valence-electron chi connectivity index (χ1n) is 9.36. The highest BCUT2D eigenvalue weighted by Crippen LogP contribution is 2.28. The number of para-hydroxylation sites is 2. The molecule has 1 heterocycles. The number of nitrogens with one attached hydrogen (secondary N) is 2. The third-order valence-corrected chi connectivity index (χ3v) is 4.15. The molecule has 0 fully saturated rings. The summed E-state index contributed by atoms with van der Waals surface area (Å²) in [5, 5.41) is 14.5. The molecule has 8 nitrogen and oxygen atoms in total. The highest BCUT2D eigenvalue weighted by Gasteiger charge is 2.07. The van der Waals surface area contributed by atoms with Gasteiger partial charge in [0.25, 0.3) is 0 Å². The van der Waals surface area contributed by atoms with Crippen molar-refractivity contribution in [2.24, 2.45) is 0 Å². The lowest BCUT2D eigenvalue weighted by molar-refractivity contribution is 0.342. The predicted molar refractivity (Wildman–Crippen MR) is 112 cm³/mol. The third kappa shape index (κ3) is 5.47. The summed E-state index contributed by atoms with van der Waals surface area (Å²) in [6, 6.07) is 13.6. The molecular formula is C21H25N5O3. The van der Waals surface area contributed by atoms with Crippen LogP contribution in [0.2, 0.25) is 0 Å². The Labute approximate surface area is 170 Å². The average molecular weight is 395 g/mol. The minimum absolute atomic E-state index is 0.448. The molecule has 152 valence electrons. The Bertz CT molecular complexity index is 936. The first-order valence-corrected chi connectivity index (χ1v) is 9.36. The summed E-state index contributed by atoms with van der Waals surface area (Å²) in [6.07, 6.45) is 2.34. The number of rotatable bonds is 10. The number of anilines is 3. The van der Waals surface area contributed by atoms with Crippen molar-refractivity contribution in [3.05, 3.63) is 54.2 Å². The Kier molecular flexibility index (Phi) is 7.05. The summed E-state index contributed by atoms with van der Waals surface area (Å²) >= 11 is 0. The Morgan fingerprint density at radius 3 is 2.59 bits per heavy atom. The van der Waals surface area contributed by atoms with Crippen molar-refractivity contribution >= 4 is 17.5 Å². The summed E-state index contributed by atoms with van der Waals surface area (Å²) < 4.78 is 16.2. The van der Waals surface area contributed by atoms with Gasteiger partial charge in [-0.1, -0.05) is 18.2 Å². The molecule has 0 aliphatic heterocycles. The van der Waals surface area contributed by atoms with Crippen molar-refractivity contribution in [2.75, 3.05) is 38.0 Å². The van der Waals surface area contributed by atoms with E-state index >= 15 is 0 Å². The number of hydrogen-bond acceptors (Lipinski definition) is 8. The van der Waals surface area contributed by atoms with Crippen LogP contribution in [0.1, 0.15) is 12.5 Å². The van der Waals surface area contributed by atoms with Gasteiger partial charge in [0.15, 0.2) is 17.3 Å². The van der Waals surface area contributed by atoms with Gasteiger partial charge in [-0.05, 0) is 43.2 Å². The van der Waals surface area contributed by atoms with Crippen LogP contribution in [-0.4, -0.2) is 42.6 Å². The van der Waals surface area contributed by atoms with E-state index in [4.69, 9.17) is 14.2 Å². The van der Waals surface area contributed by atoms with E-state index < -0.39 is 0 Å². The fourth-order valence-electron chi connectivity index (χ4n) is 2.78. The summed E-state index contributed by atoms with van der Waals surface area (Å²) in [5.41, 5.74) is 1.94. The van der Waals surface area contributed by atoms with Crippen molar-refractivity contribution in [3.8, 4) is 17.2 Å². The number of methoxy groups -OCH3 is 2. The lowest BCUT2D eigenvalue weighted by atomic mass is 10.1. The molecule has 0 amide bonds. The fourth-order valence-corrected chi connectivity index (χ4v) is 2.78. The minimum Gasteiger partial charge on any atom is -0.493 e. The molecular weight excluding hydrogens is 370 g/mol. The average Bonchev–Trinajstić information content (AvgIpc) is 2.75. The second-order valence-corrected chi connectivity index (χ2v) is 6.09. The largest absolute Gasteiger partial charge is 0.493 e. The number of nitrogens with zero attached hydrogens (tertiary/aromatic N) is 3. The molecule has 1 aromatic heterocycles. The van der Waals surface area contributed by atoms with Gasteiger partial charge in [0.05, 0.1) is 32.7 Å². The summed E-state index contributed by atoms with van der Waals surface area (Å²) in [4.78, 5) is 4.47. The van der Waals surface area contributed by atoms with Crippen molar-refractivity contribution in [1.29, 1.82) is 0 Å². The normalized spacial score (nSPS) is 10.3. The zero-order valence-corrected chi connectivity index (χ0v) is 16.8. The zero-order valence-electron chi connectivity index (χ0n) is 16.8. The van der Waals surface area contributed by atoms with Gasteiger partial charge in [-0.3, -0.25) is 0 Å². The second kappa shape index (κ2) is 10.1. The van der Waals surface area contributed by atoms with Crippen molar-refractivity contribution < 1.29 is 14.2 Å². The van der Waals surface area contributed by atoms with Crippen molar-refractivity contribution in [3.63, 3.8) is 0 Å². The van der Waals surface area contributed by atoms with Crippen LogP contribution in [0.5, 0.6) is 17.2 Å². The Hall–Kier alpha value is -3.55. The van der Waals surface area contributed by atoms with Crippen LogP contribution in [0.25, 0.3) is 0 Å². The summed E-state index contributed by atoms with van der Waals surface area (Å²) in [6.45, 7) is 3.18. The topological polar surface area (TPSA) is 90.4 Å². The lowest BCUT2D eigenvalue weighted by Crippen LogP contribution is -2.10. The van der Waals surface area contributed by atoms with Crippen LogP contribution < -0.4 is 24.8 Å². The maximum atomic E-state index is 5.63. The highest BCUT2D eigenvalue weighted by atomic mass is 16.5. The highest BCUT2D eigenvalue weighted by molar-refractivity contribution is 5.63. The van der Waals surface area contributed by atoms with Gasteiger partial charge in [-0.2, -0.15) is 10.1 Å². The van der Waals surface area contributed by atoms with E-state index in [1.54, 1.807) is 20.4 Å². The van der Waals surface area contributed by atoms with Gasteiger partial charge in [-0.15, -0.1) is 5.10 Å². The van der Waals surface area contributed by atoms with Crippen LogP contribution in [0.15, 0.2) is 48.7 Å². The van der Waals surface area contributed by atoms with E-state index in [-0.39, 0.29) is 0 Å². The SMILES string of the molecule is CCOc1ccccc1Nc1cnnc(NCCc2ccc(OC)c(OC)c2)n1. The van der Waals surface area contributed by atoms with E-state index in [1.807, 2.05) is 49.4 Å². The van der Waals surface area contributed by atoms with Gasteiger partial charge in [0, 0.05) is 6.54 Å². The van der Waals surface area contributed by atoms with E-state index in [0.29, 0.717) is 36.4 Å². The first-order chi connectivity index (χ1) is 14.2. The second-order valence-electron chi connectivity index (χ2n) is 6.09. The molecule has 0 bridgehead atoms. The Morgan fingerprint density at radius 2 is 1.79 bits per heavy atom. The Balaban J connectivity index is 1.61. The molecule has 0 saturated carbocycles. The Morgan fingerprint density at radius 1 is 0.966 bits per heavy atom. The molecule has 0 spiro atoms. The van der Waals surface area contributed by atoms with E-state index in [2.05, 4.69) is 25.8 Å². The maximum absolute atomic E-state index is 5.63. The molecule has 0 radical (unpaired) electrons. The smallest absolute Gasteiger partial charge is 0.244 e. The van der Waals surface area contributed by atoms with E-state index in [1.165, 1.54) is 0 Å². The zero-order chi connectivity index (χ0) is 20.5. The standard InChI is InChI=1S/C21H25N5O3/c1-4-29-17-8-6-5-7-16(17)24-20-14-23-26-21(25-20)22-12-11-15-9-10-18(27-2)19(13-15)28-3/h5-10,13-14H,4,11-12H2,1-3H3,(H2,22,24,25,26). The summed E-state index contributed by atoms with van der Waals surface area (Å²) in [7, 11) is 3.25. The van der Waals surface area contributed by atoms with Gasteiger partial charge in [0.1, 0.15) is 5.75 Å². The van der Waals surface area contributed by atoms with Crippen LogP contribution in [0, 0.1) is 0 Å². The van der Waals surface area contributed by atoms with E-state index in [9.17, 15) is 0 Å². The van der Waals surface area contributed by atoms with Crippen LogP contribution >= 0.6 is 0 Å². The molecule has 0 unspecified atom stereocenters. The van der Waals surface area contributed by atoms with E-state index in [0.717, 1.165) is 23.4 Å². The monoisotopic (exact) mass is 395 g/mol. The molecule has 3 rings (SSSR count). The number of aromatic nitrogens is 3. The van der Waals surface area contributed by atoms with Crippen LogP contribution in [0.3, 0.4) is 0 Å². The third-order valence-electron chi connectivity index (χ3n) is 4.15. The predicted octanol–water partition coefficient (Wildman–Crippen LogP) is 3.69.